The number of rotatable bonds is 1. The molecule has 0 bridgehead atoms. The molecule has 1 heterocycles. The van der Waals surface area contributed by atoms with Crippen LogP contribution in [0.3, 0.4) is 0 Å². The van der Waals surface area contributed by atoms with E-state index in [1.165, 1.54) is 12.1 Å². The first-order chi connectivity index (χ1) is 6.74. The fourth-order valence-electron chi connectivity index (χ4n) is 1.40. The number of halogens is 2. The Kier molecular flexibility index (Phi) is 2.25. The monoisotopic (exact) mass is 210 g/mol. The molecule has 0 saturated carbocycles. The van der Waals surface area contributed by atoms with Crippen LogP contribution in [-0.2, 0) is 0 Å². The van der Waals surface area contributed by atoms with Crippen LogP contribution in [0.15, 0.2) is 24.4 Å². The van der Waals surface area contributed by atoms with Crippen molar-refractivity contribution in [1.29, 1.82) is 0 Å². The largest absolute Gasteiger partial charge is 0.387 e. The maximum Gasteiger partial charge on any atom is 0.134 e. The smallest absolute Gasteiger partial charge is 0.134 e. The highest BCUT2D eigenvalue weighted by atomic mass is 35.5. The summed E-state index contributed by atoms with van der Waals surface area (Å²) in [5.41, 5.74) is 1.17. The molecule has 1 N–H and O–H groups in total. The Bertz CT molecular complexity index is 485. The molecule has 0 aliphatic carbocycles. The van der Waals surface area contributed by atoms with E-state index in [1.54, 1.807) is 19.3 Å². The first-order valence-electron chi connectivity index (χ1n) is 4.14. The van der Waals surface area contributed by atoms with Gasteiger partial charge in [-0.05, 0) is 18.2 Å². The van der Waals surface area contributed by atoms with Gasteiger partial charge in [0.2, 0.25) is 0 Å². The molecule has 2 rings (SSSR count). The Morgan fingerprint density at radius 3 is 2.86 bits per heavy atom. The minimum Gasteiger partial charge on any atom is -0.387 e. The number of hydrogen-bond donors (Lipinski definition) is 1. The van der Waals surface area contributed by atoms with E-state index in [9.17, 15) is 4.39 Å². The van der Waals surface area contributed by atoms with Gasteiger partial charge in [-0.3, -0.25) is 4.98 Å². The first kappa shape index (κ1) is 9.21. The summed E-state index contributed by atoms with van der Waals surface area (Å²) in [6.45, 7) is 0. The molecule has 2 nitrogen and oxygen atoms in total. The molecule has 1 aromatic heterocycles. The van der Waals surface area contributed by atoms with Crippen molar-refractivity contribution in [3.63, 3.8) is 0 Å². The molecule has 72 valence electrons. The lowest BCUT2D eigenvalue weighted by Crippen LogP contribution is -1.93. The summed E-state index contributed by atoms with van der Waals surface area (Å²) in [7, 11) is 1.73. The van der Waals surface area contributed by atoms with Crippen LogP contribution >= 0.6 is 11.6 Å². The number of benzene rings is 1. The maximum absolute atomic E-state index is 13.5. The molecule has 0 saturated heterocycles. The highest BCUT2D eigenvalue weighted by molar-refractivity contribution is 6.35. The molecule has 14 heavy (non-hydrogen) atoms. The van der Waals surface area contributed by atoms with Crippen LogP contribution in [0, 0.1) is 5.82 Å². The number of hydrogen-bond acceptors (Lipinski definition) is 2. The SMILES string of the molecule is CNc1ccnc2c(Cl)ccc(F)c12. The molecule has 1 aromatic carbocycles. The van der Waals surface area contributed by atoms with Crippen molar-refractivity contribution in [3.05, 3.63) is 35.2 Å². The third-order valence-electron chi connectivity index (χ3n) is 2.06. The molecular weight excluding hydrogens is 203 g/mol. The van der Waals surface area contributed by atoms with Gasteiger partial charge in [0.05, 0.1) is 15.9 Å². The lowest BCUT2D eigenvalue weighted by Gasteiger charge is -2.06. The fraction of sp³-hybridized carbons (Fsp3) is 0.100. The lowest BCUT2D eigenvalue weighted by molar-refractivity contribution is 0.640. The van der Waals surface area contributed by atoms with Crippen molar-refractivity contribution in [2.75, 3.05) is 12.4 Å². The molecule has 0 fully saturated rings. The summed E-state index contributed by atoms with van der Waals surface area (Å²) in [6.07, 6.45) is 1.60. The highest BCUT2D eigenvalue weighted by Crippen LogP contribution is 2.29. The zero-order chi connectivity index (χ0) is 10.1. The van der Waals surface area contributed by atoms with Crippen LogP contribution in [0.4, 0.5) is 10.1 Å². The van der Waals surface area contributed by atoms with Gasteiger partial charge >= 0.3 is 0 Å². The Morgan fingerprint density at radius 2 is 2.14 bits per heavy atom. The molecule has 0 atom stereocenters. The van der Waals surface area contributed by atoms with Gasteiger partial charge < -0.3 is 5.32 Å². The second kappa shape index (κ2) is 3.42. The van der Waals surface area contributed by atoms with E-state index < -0.39 is 0 Å². The number of nitrogens with one attached hydrogen (secondary N) is 1. The van der Waals surface area contributed by atoms with Crippen LogP contribution in [0.1, 0.15) is 0 Å². The van der Waals surface area contributed by atoms with Crippen molar-refractivity contribution in [2.45, 2.75) is 0 Å². The molecule has 0 amide bonds. The molecule has 0 aliphatic rings. The van der Waals surface area contributed by atoms with E-state index in [1.807, 2.05) is 0 Å². The molecule has 0 radical (unpaired) electrons. The third-order valence-corrected chi connectivity index (χ3v) is 2.37. The van der Waals surface area contributed by atoms with E-state index in [0.717, 1.165) is 0 Å². The third kappa shape index (κ3) is 1.30. The summed E-state index contributed by atoms with van der Waals surface area (Å²) in [6, 6.07) is 4.56. The van der Waals surface area contributed by atoms with E-state index in [-0.39, 0.29) is 5.82 Å². The number of nitrogens with zero attached hydrogens (tertiary/aromatic N) is 1. The minimum absolute atomic E-state index is 0.318. The van der Waals surface area contributed by atoms with Crippen molar-refractivity contribution >= 4 is 28.2 Å². The first-order valence-corrected chi connectivity index (χ1v) is 4.52. The molecule has 0 spiro atoms. The van der Waals surface area contributed by atoms with Gasteiger partial charge in [-0.1, -0.05) is 11.6 Å². The van der Waals surface area contributed by atoms with Crippen LogP contribution in [0.25, 0.3) is 10.9 Å². The van der Waals surface area contributed by atoms with Crippen molar-refractivity contribution in [3.8, 4) is 0 Å². The Labute approximate surface area is 85.7 Å². The summed E-state index contributed by atoms with van der Waals surface area (Å²) in [5.74, 6) is -0.318. The van der Waals surface area contributed by atoms with Gasteiger partial charge in [-0.25, -0.2) is 4.39 Å². The molecule has 4 heteroatoms. The Morgan fingerprint density at radius 1 is 1.36 bits per heavy atom. The topological polar surface area (TPSA) is 24.9 Å². The molecular formula is C10H8ClFN2. The zero-order valence-corrected chi connectivity index (χ0v) is 8.27. The van der Waals surface area contributed by atoms with Crippen molar-refractivity contribution in [2.24, 2.45) is 0 Å². The second-order valence-corrected chi connectivity index (χ2v) is 3.27. The van der Waals surface area contributed by atoms with Crippen LogP contribution < -0.4 is 5.32 Å². The quantitative estimate of drug-likeness (QED) is 0.783. The normalized spacial score (nSPS) is 10.5. The Hall–Kier alpha value is -1.35. The fourth-order valence-corrected chi connectivity index (χ4v) is 1.61. The maximum atomic E-state index is 13.5. The van der Waals surface area contributed by atoms with E-state index in [2.05, 4.69) is 10.3 Å². The number of aromatic nitrogens is 1. The van der Waals surface area contributed by atoms with E-state index in [0.29, 0.717) is 21.6 Å². The van der Waals surface area contributed by atoms with Crippen LogP contribution in [0.2, 0.25) is 5.02 Å². The summed E-state index contributed by atoms with van der Waals surface area (Å²) in [5, 5.41) is 3.79. The number of pyridine rings is 1. The average Bonchev–Trinajstić information content (AvgIpc) is 2.23. The highest BCUT2D eigenvalue weighted by Gasteiger charge is 2.08. The zero-order valence-electron chi connectivity index (χ0n) is 7.51. The predicted molar refractivity (Wildman–Crippen MR) is 56.3 cm³/mol. The second-order valence-electron chi connectivity index (χ2n) is 2.86. The van der Waals surface area contributed by atoms with Gasteiger partial charge in [-0.15, -0.1) is 0 Å². The van der Waals surface area contributed by atoms with Crippen LogP contribution in [0.5, 0.6) is 0 Å². The van der Waals surface area contributed by atoms with Crippen molar-refractivity contribution in [1.82, 2.24) is 4.98 Å². The average molecular weight is 211 g/mol. The number of anilines is 1. The Balaban J connectivity index is 2.92. The molecule has 0 unspecified atom stereocenters. The van der Waals surface area contributed by atoms with Gasteiger partial charge in [0, 0.05) is 18.9 Å². The lowest BCUT2D eigenvalue weighted by atomic mass is 10.2. The van der Waals surface area contributed by atoms with Gasteiger partial charge in [0.1, 0.15) is 5.82 Å². The predicted octanol–water partition coefficient (Wildman–Crippen LogP) is 3.07. The molecule has 2 aromatic rings. The van der Waals surface area contributed by atoms with Crippen molar-refractivity contribution < 1.29 is 4.39 Å². The molecule has 0 aliphatic heterocycles. The van der Waals surface area contributed by atoms with Gasteiger partial charge in [0.25, 0.3) is 0 Å². The van der Waals surface area contributed by atoms with Crippen LogP contribution in [-0.4, -0.2) is 12.0 Å². The standard InChI is InChI=1S/C10H8ClFN2/c1-13-8-4-5-14-10-6(11)2-3-7(12)9(8)10/h2-5H,1H3,(H,13,14). The summed E-state index contributed by atoms with van der Waals surface area (Å²) < 4.78 is 13.5. The van der Waals surface area contributed by atoms with E-state index >= 15 is 0 Å². The van der Waals surface area contributed by atoms with E-state index in [4.69, 9.17) is 11.6 Å². The number of fused-ring (bicyclic) bond motifs is 1. The summed E-state index contributed by atoms with van der Waals surface area (Å²) >= 11 is 5.90. The van der Waals surface area contributed by atoms with Gasteiger partial charge in [-0.2, -0.15) is 0 Å². The minimum atomic E-state index is -0.318. The van der Waals surface area contributed by atoms with Gasteiger partial charge in [0.15, 0.2) is 0 Å². The summed E-state index contributed by atoms with van der Waals surface area (Å²) in [4.78, 5) is 4.04.